The van der Waals surface area contributed by atoms with E-state index in [2.05, 4.69) is 13.8 Å². The molecular formula is C8H16I-. The van der Waals surface area contributed by atoms with Crippen LogP contribution in [-0.4, -0.2) is 8.35 Å². The van der Waals surface area contributed by atoms with Crippen molar-refractivity contribution in [3.05, 3.63) is 0 Å². The van der Waals surface area contributed by atoms with Crippen molar-refractivity contribution in [1.82, 2.24) is 0 Å². The van der Waals surface area contributed by atoms with Gasteiger partial charge in [-0.15, -0.1) is 0 Å². The first-order valence-corrected chi connectivity index (χ1v) is 6.69. The van der Waals surface area contributed by atoms with Crippen LogP contribution in [0.4, 0.5) is 0 Å². The molecule has 1 aliphatic heterocycles. The molecule has 1 aliphatic rings. The summed E-state index contributed by atoms with van der Waals surface area (Å²) in [7, 11) is 0. The van der Waals surface area contributed by atoms with Crippen LogP contribution in [-0.2, 0) is 0 Å². The number of halogens is 1. The zero-order valence-electron chi connectivity index (χ0n) is 6.36. The van der Waals surface area contributed by atoms with Crippen molar-refractivity contribution in [2.75, 3.05) is 4.43 Å². The van der Waals surface area contributed by atoms with E-state index in [1.807, 2.05) is 0 Å². The molecule has 0 radical (unpaired) electrons. The van der Waals surface area contributed by atoms with E-state index in [4.69, 9.17) is 0 Å². The summed E-state index contributed by atoms with van der Waals surface area (Å²) in [6.45, 7) is 4.80. The maximum absolute atomic E-state index is 2.46. The third-order valence-corrected chi connectivity index (χ3v) is 6.03. The van der Waals surface area contributed by atoms with Crippen molar-refractivity contribution >= 4 is 0 Å². The molecule has 1 saturated heterocycles. The quantitative estimate of drug-likeness (QED) is 0.418. The summed E-state index contributed by atoms with van der Waals surface area (Å²) in [5.74, 6) is 1.10. The third kappa shape index (κ3) is 2.10. The van der Waals surface area contributed by atoms with Crippen LogP contribution in [0.5, 0.6) is 0 Å². The molecule has 1 fully saturated rings. The van der Waals surface area contributed by atoms with Crippen LogP contribution in [0.1, 0.15) is 33.1 Å². The Labute approximate surface area is 68.7 Å². The molecule has 56 valence electrons. The van der Waals surface area contributed by atoms with Crippen LogP contribution in [0.15, 0.2) is 0 Å². The van der Waals surface area contributed by atoms with Gasteiger partial charge in [0.05, 0.1) is 0 Å². The molecule has 0 spiro atoms. The minimum absolute atomic E-state index is 0.605. The molecule has 0 saturated carbocycles. The molecule has 0 aliphatic carbocycles. The number of alkyl halides is 2. The second-order valence-corrected chi connectivity index (χ2v) is 6.76. The van der Waals surface area contributed by atoms with Crippen LogP contribution in [0.3, 0.4) is 0 Å². The Hall–Kier alpha value is 0.730. The topological polar surface area (TPSA) is 0 Å². The molecule has 1 heterocycles. The Kier molecular flexibility index (Phi) is 3.30. The zero-order chi connectivity index (χ0) is 6.69. The van der Waals surface area contributed by atoms with E-state index < -0.39 is 0 Å². The van der Waals surface area contributed by atoms with Crippen LogP contribution in [0, 0.1) is 5.92 Å². The Balaban J connectivity index is 2.30. The summed E-state index contributed by atoms with van der Waals surface area (Å²) >= 11 is 0.605. The second kappa shape index (κ2) is 3.79. The van der Waals surface area contributed by atoms with E-state index in [1.165, 1.54) is 19.3 Å². The summed E-state index contributed by atoms with van der Waals surface area (Å²) in [5.41, 5.74) is 0. The fourth-order valence-corrected chi connectivity index (χ4v) is 4.92. The first-order valence-electron chi connectivity index (χ1n) is 3.92. The van der Waals surface area contributed by atoms with Crippen molar-refractivity contribution in [3.63, 3.8) is 0 Å². The van der Waals surface area contributed by atoms with Gasteiger partial charge in [-0.3, -0.25) is 0 Å². The van der Waals surface area contributed by atoms with Gasteiger partial charge < -0.3 is 0 Å². The Morgan fingerprint density at radius 1 is 1.56 bits per heavy atom. The van der Waals surface area contributed by atoms with Gasteiger partial charge in [0.25, 0.3) is 0 Å². The van der Waals surface area contributed by atoms with Gasteiger partial charge in [-0.2, -0.15) is 0 Å². The van der Waals surface area contributed by atoms with Crippen LogP contribution < -0.4 is 21.2 Å². The van der Waals surface area contributed by atoms with Crippen LogP contribution >= 0.6 is 0 Å². The van der Waals surface area contributed by atoms with E-state index in [1.54, 1.807) is 4.43 Å². The summed E-state index contributed by atoms with van der Waals surface area (Å²) in [4.78, 5) is 0. The molecule has 2 unspecified atom stereocenters. The average molecular weight is 239 g/mol. The van der Waals surface area contributed by atoms with Gasteiger partial charge in [-0.25, -0.2) is 0 Å². The minimum atomic E-state index is 0.605. The molecule has 9 heavy (non-hydrogen) atoms. The molecule has 0 bridgehead atoms. The second-order valence-electron chi connectivity index (χ2n) is 2.83. The first kappa shape index (κ1) is 7.83. The molecule has 0 aromatic heterocycles. The van der Waals surface area contributed by atoms with Crippen molar-refractivity contribution in [1.29, 1.82) is 0 Å². The fraction of sp³-hybridized carbons (Fsp3) is 1.00. The summed E-state index contributed by atoms with van der Waals surface area (Å²) in [6.07, 6.45) is 4.49. The van der Waals surface area contributed by atoms with Gasteiger partial charge in [0, 0.05) is 0 Å². The van der Waals surface area contributed by atoms with Gasteiger partial charge >= 0.3 is 68.6 Å². The maximum atomic E-state index is 2.46. The number of hydrogen-bond acceptors (Lipinski definition) is 0. The molecule has 1 rings (SSSR count). The van der Waals surface area contributed by atoms with Gasteiger partial charge in [0.2, 0.25) is 0 Å². The molecule has 0 nitrogen and oxygen atoms in total. The van der Waals surface area contributed by atoms with Gasteiger partial charge in [-0.05, 0) is 0 Å². The summed E-state index contributed by atoms with van der Waals surface area (Å²) < 4.78 is 2.72. The van der Waals surface area contributed by atoms with Crippen molar-refractivity contribution in [2.24, 2.45) is 5.92 Å². The van der Waals surface area contributed by atoms with E-state index in [0.29, 0.717) is 21.2 Å². The van der Waals surface area contributed by atoms with E-state index in [9.17, 15) is 0 Å². The predicted octanol–water partition coefficient (Wildman–Crippen LogP) is -0.716. The number of hydrogen-bond donors (Lipinski definition) is 0. The SMILES string of the molecule is CCC1CCC[I-]C1C. The number of rotatable bonds is 1. The van der Waals surface area contributed by atoms with Gasteiger partial charge in [0.15, 0.2) is 0 Å². The van der Waals surface area contributed by atoms with Crippen molar-refractivity contribution < 1.29 is 21.2 Å². The van der Waals surface area contributed by atoms with Gasteiger partial charge in [-0.1, -0.05) is 0 Å². The summed E-state index contributed by atoms with van der Waals surface area (Å²) in [5, 5.41) is 0. The Morgan fingerprint density at radius 3 is 2.78 bits per heavy atom. The van der Waals surface area contributed by atoms with Gasteiger partial charge in [0.1, 0.15) is 0 Å². The average Bonchev–Trinajstić information content (AvgIpc) is 1.89. The molecule has 1 heteroatoms. The molecular weight excluding hydrogens is 223 g/mol. The Bertz CT molecular complexity index is 80.6. The van der Waals surface area contributed by atoms with E-state index >= 15 is 0 Å². The van der Waals surface area contributed by atoms with Crippen LogP contribution in [0.2, 0.25) is 0 Å². The van der Waals surface area contributed by atoms with E-state index in [0.717, 1.165) is 9.84 Å². The molecule has 0 amide bonds. The first-order chi connectivity index (χ1) is 4.34. The Morgan fingerprint density at radius 2 is 2.33 bits per heavy atom. The standard InChI is InChI=1S/C8H16I/c1-3-8-5-4-6-9-7(8)2/h7-8H,3-6H2,1-2H3/q-1. The fourth-order valence-electron chi connectivity index (χ4n) is 1.47. The normalized spacial score (nSPS) is 37.6. The molecule has 0 aromatic rings. The van der Waals surface area contributed by atoms with Crippen molar-refractivity contribution in [2.45, 2.75) is 37.0 Å². The monoisotopic (exact) mass is 239 g/mol. The molecule has 2 atom stereocenters. The molecule has 0 N–H and O–H groups in total. The van der Waals surface area contributed by atoms with Crippen molar-refractivity contribution in [3.8, 4) is 0 Å². The third-order valence-electron chi connectivity index (χ3n) is 2.24. The summed E-state index contributed by atoms with van der Waals surface area (Å²) in [6, 6.07) is 0. The van der Waals surface area contributed by atoms with E-state index in [-0.39, 0.29) is 0 Å². The zero-order valence-corrected chi connectivity index (χ0v) is 8.52. The molecule has 0 aromatic carbocycles. The predicted molar refractivity (Wildman–Crippen MR) is 37.3 cm³/mol. The van der Waals surface area contributed by atoms with Crippen LogP contribution in [0.25, 0.3) is 0 Å².